The Morgan fingerprint density at radius 2 is 0.629 bits per heavy atom. The summed E-state index contributed by atoms with van der Waals surface area (Å²) in [6.07, 6.45) is 28.5. The number of nitrogens with one attached hydrogen (secondary N) is 6. The Kier molecular flexibility index (Phi) is 44.8. The zero-order valence-corrected chi connectivity index (χ0v) is 44.4. The fourth-order valence-electron chi connectivity index (χ4n) is 8.41. The van der Waals surface area contributed by atoms with Crippen molar-refractivity contribution in [3.8, 4) is 0 Å². The van der Waals surface area contributed by atoms with Crippen LogP contribution in [0.4, 0.5) is 0 Å². The molecule has 4 unspecified atom stereocenters. The standard InChI is InChI=1S/C52H103N11O7/c1-2-3-4-5-6-7-8-11-16-34-47(65)61-43(30-20-24-37-54)50(68)58-40-27-14-10-13-18-35-48(66)62-45(32-22-26-39-56)52(70)63-44(31-21-25-38-55)51(69)59-41-28-15-9-12-17-33-46(64)60-42(49(57)67)29-19-23-36-53/h42-45H,2-41,53-56H2,1H3,(H2,57,67)(H,58,68)(H,59,69)(H,60,64)(H,61,65)(H,62,66)(H,63,70)/p+4. The smallest absolute Gasteiger partial charge is 0.243 e. The van der Waals surface area contributed by atoms with Crippen LogP contribution in [0, 0.1) is 0 Å². The number of amides is 7. The maximum absolute atomic E-state index is 13.6. The second-order valence-electron chi connectivity index (χ2n) is 19.4. The van der Waals surface area contributed by atoms with E-state index in [0.717, 1.165) is 148 Å². The Balaban J connectivity index is 4.77. The number of carbonyl (C=O) groups is 7. The fraction of sp³-hybridized carbons (Fsp3) is 0.865. The molecule has 0 saturated carbocycles. The van der Waals surface area contributed by atoms with Gasteiger partial charge in [-0.2, -0.15) is 0 Å². The van der Waals surface area contributed by atoms with Crippen molar-refractivity contribution in [3.63, 3.8) is 0 Å². The number of carbonyl (C=O) groups excluding carboxylic acids is 7. The van der Waals surface area contributed by atoms with Crippen LogP contribution in [0.2, 0.25) is 0 Å². The molecule has 0 aromatic heterocycles. The van der Waals surface area contributed by atoms with Gasteiger partial charge in [-0.25, -0.2) is 0 Å². The summed E-state index contributed by atoms with van der Waals surface area (Å²) >= 11 is 0. The summed E-state index contributed by atoms with van der Waals surface area (Å²) in [5, 5.41) is 17.7. The van der Waals surface area contributed by atoms with Crippen molar-refractivity contribution in [1.82, 2.24) is 31.9 Å². The van der Waals surface area contributed by atoms with Crippen molar-refractivity contribution in [3.05, 3.63) is 0 Å². The molecule has 20 N–H and O–H groups in total. The minimum absolute atomic E-state index is 0.0534. The van der Waals surface area contributed by atoms with Gasteiger partial charge in [-0.3, -0.25) is 33.6 Å². The zero-order valence-electron chi connectivity index (χ0n) is 44.4. The number of quaternary nitrogens is 4. The molecule has 0 aromatic carbocycles. The molecule has 0 bridgehead atoms. The molecule has 408 valence electrons. The van der Waals surface area contributed by atoms with E-state index >= 15 is 0 Å². The number of hydrogen-bond donors (Lipinski definition) is 11. The SMILES string of the molecule is CCCCCCCCCCCC(=O)NC(CCCC[NH3+])C(=O)NCCCCCCCC(=O)NC(CCCC[NH3+])C(=O)NC(CCCC[NH3+])C(=O)NCCCCCCCC(=O)NC(CCCC[NH3+])C(N)=O. The Labute approximate surface area is 422 Å². The normalized spacial score (nSPS) is 12.9. The van der Waals surface area contributed by atoms with Crippen LogP contribution in [-0.2, 0) is 33.6 Å². The molecule has 0 aromatic rings. The molecule has 0 aliphatic heterocycles. The van der Waals surface area contributed by atoms with Gasteiger partial charge in [0.05, 0.1) is 26.2 Å². The van der Waals surface area contributed by atoms with E-state index in [1.165, 1.54) is 38.5 Å². The van der Waals surface area contributed by atoms with Crippen LogP contribution in [0.3, 0.4) is 0 Å². The fourth-order valence-corrected chi connectivity index (χ4v) is 8.41. The zero-order chi connectivity index (χ0) is 51.9. The third-order valence-electron chi connectivity index (χ3n) is 12.9. The van der Waals surface area contributed by atoms with E-state index < -0.39 is 30.1 Å². The first-order chi connectivity index (χ1) is 33.9. The maximum Gasteiger partial charge on any atom is 0.243 e. The first-order valence-electron chi connectivity index (χ1n) is 28.1. The van der Waals surface area contributed by atoms with Crippen molar-refractivity contribution < 1.29 is 56.5 Å². The van der Waals surface area contributed by atoms with Gasteiger partial charge in [0.2, 0.25) is 41.4 Å². The lowest BCUT2D eigenvalue weighted by atomic mass is 10.0. The third-order valence-corrected chi connectivity index (χ3v) is 12.9. The van der Waals surface area contributed by atoms with Gasteiger partial charge < -0.3 is 60.6 Å². The number of primary amides is 1. The summed E-state index contributed by atoms with van der Waals surface area (Å²) in [7, 11) is 0. The Hall–Kier alpha value is -3.87. The average molecular weight is 998 g/mol. The van der Waals surface area contributed by atoms with Gasteiger partial charge in [0.15, 0.2) is 0 Å². The van der Waals surface area contributed by atoms with Crippen molar-refractivity contribution in [2.24, 2.45) is 5.73 Å². The van der Waals surface area contributed by atoms with Crippen molar-refractivity contribution in [2.75, 3.05) is 39.3 Å². The topological polar surface area (TPSA) is 328 Å². The molecule has 0 rings (SSSR count). The van der Waals surface area contributed by atoms with Crippen LogP contribution < -0.4 is 60.6 Å². The monoisotopic (exact) mass is 998 g/mol. The summed E-state index contributed by atoms with van der Waals surface area (Å²) < 4.78 is 0. The van der Waals surface area contributed by atoms with E-state index in [2.05, 4.69) is 61.8 Å². The Morgan fingerprint density at radius 1 is 0.343 bits per heavy atom. The summed E-state index contributed by atoms with van der Waals surface area (Å²) in [4.78, 5) is 90.0. The second-order valence-corrected chi connectivity index (χ2v) is 19.4. The molecule has 0 aliphatic carbocycles. The Bertz CT molecular complexity index is 1380. The van der Waals surface area contributed by atoms with Gasteiger partial charge in [0.1, 0.15) is 24.2 Å². The van der Waals surface area contributed by atoms with Crippen LogP contribution in [0.15, 0.2) is 0 Å². The third kappa shape index (κ3) is 38.8. The largest absolute Gasteiger partial charge is 0.368 e. The number of unbranched alkanes of at least 4 members (excludes halogenated alkanes) is 20. The van der Waals surface area contributed by atoms with E-state index in [9.17, 15) is 33.6 Å². The molecule has 0 spiro atoms. The van der Waals surface area contributed by atoms with Gasteiger partial charge in [-0.05, 0) is 109 Å². The highest BCUT2D eigenvalue weighted by Gasteiger charge is 2.27. The lowest BCUT2D eigenvalue weighted by molar-refractivity contribution is -0.369. The van der Waals surface area contributed by atoms with E-state index in [4.69, 9.17) is 5.73 Å². The van der Waals surface area contributed by atoms with E-state index in [-0.39, 0.29) is 41.9 Å². The molecule has 70 heavy (non-hydrogen) atoms. The van der Waals surface area contributed by atoms with Gasteiger partial charge in [0.25, 0.3) is 0 Å². The number of nitrogens with two attached hydrogens (primary N) is 1. The van der Waals surface area contributed by atoms with Crippen molar-refractivity contribution >= 4 is 41.4 Å². The highest BCUT2D eigenvalue weighted by Crippen LogP contribution is 2.13. The van der Waals surface area contributed by atoms with Crippen LogP contribution in [0.5, 0.6) is 0 Å². The van der Waals surface area contributed by atoms with Gasteiger partial charge in [0, 0.05) is 32.4 Å². The minimum atomic E-state index is -0.754. The lowest BCUT2D eigenvalue weighted by Gasteiger charge is -2.23. The van der Waals surface area contributed by atoms with Gasteiger partial charge in [-0.15, -0.1) is 0 Å². The predicted molar refractivity (Wildman–Crippen MR) is 277 cm³/mol. The van der Waals surface area contributed by atoms with E-state index in [1.807, 2.05) is 0 Å². The highest BCUT2D eigenvalue weighted by molar-refractivity contribution is 5.92. The quantitative estimate of drug-likeness (QED) is 0.0402. The van der Waals surface area contributed by atoms with E-state index in [0.29, 0.717) is 64.5 Å². The molecular formula is C52H107N11O7+4. The van der Waals surface area contributed by atoms with Crippen LogP contribution >= 0.6 is 0 Å². The van der Waals surface area contributed by atoms with Crippen LogP contribution in [0.25, 0.3) is 0 Å². The molecule has 0 saturated heterocycles. The molecular weight excluding hydrogens is 891 g/mol. The maximum atomic E-state index is 13.6. The van der Waals surface area contributed by atoms with Gasteiger partial charge in [-0.1, -0.05) is 96.8 Å². The van der Waals surface area contributed by atoms with E-state index in [1.54, 1.807) is 0 Å². The minimum Gasteiger partial charge on any atom is -0.368 e. The molecule has 0 fully saturated rings. The number of hydrogen-bond acceptors (Lipinski definition) is 7. The second kappa shape index (κ2) is 47.5. The molecule has 0 aliphatic rings. The first-order valence-corrected chi connectivity index (χ1v) is 28.1. The van der Waals surface area contributed by atoms with Crippen LogP contribution in [-0.4, -0.2) is 105 Å². The highest BCUT2D eigenvalue weighted by atomic mass is 16.2. The molecule has 0 radical (unpaired) electrons. The van der Waals surface area contributed by atoms with Crippen molar-refractivity contribution in [1.29, 1.82) is 0 Å². The lowest BCUT2D eigenvalue weighted by Crippen LogP contribution is -2.54. The summed E-state index contributed by atoms with van der Waals surface area (Å²) in [6, 6.07) is -2.66. The molecule has 18 heteroatoms. The van der Waals surface area contributed by atoms with Gasteiger partial charge >= 0.3 is 0 Å². The first kappa shape index (κ1) is 66.1. The molecule has 0 heterocycles. The Morgan fingerprint density at radius 3 is 0.971 bits per heavy atom. The number of rotatable bonds is 50. The summed E-state index contributed by atoms with van der Waals surface area (Å²) in [5.41, 5.74) is 21.0. The summed E-state index contributed by atoms with van der Waals surface area (Å²) in [5.74, 6) is -1.67. The summed E-state index contributed by atoms with van der Waals surface area (Å²) in [6.45, 7) is 6.24. The molecule has 4 atom stereocenters. The van der Waals surface area contributed by atoms with Crippen LogP contribution in [0.1, 0.15) is 225 Å². The molecule has 7 amide bonds. The van der Waals surface area contributed by atoms with Crippen molar-refractivity contribution in [2.45, 2.75) is 249 Å². The average Bonchev–Trinajstić information content (AvgIpc) is 3.33. The molecule has 18 nitrogen and oxygen atoms in total. The predicted octanol–water partition coefficient (Wildman–Crippen LogP) is 1.89.